The summed E-state index contributed by atoms with van der Waals surface area (Å²) in [4.78, 5) is 40.0. The zero-order valence-electron chi connectivity index (χ0n) is 40.8. The van der Waals surface area contributed by atoms with E-state index < -0.39 is 71.6 Å². The van der Waals surface area contributed by atoms with Crippen molar-refractivity contribution in [3.05, 3.63) is 71.8 Å². The van der Waals surface area contributed by atoms with Gasteiger partial charge in [-0.05, 0) is 62.5 Å². The second-order valence-electron chi connectivity index (χ2n) is 18.1. The Labute approximate surface area is 424 Å². The minimum atomic E-state index is -5.42. The van der Waals surface area contributed by atoms with E-state index in [1.165, 1.54) is 56.1 Å². The maximum absolute atomic E-state index is 13.7. The van der Waals surface area contributed by atoms with Gasteiger partial charge in [-0.25, -0.2) is 8.42 Å². The van der Waals surface area contributed by atoms with Crippen molar-refractivity contribution in [2.45, 2.75) is 230 Å². The first kappa shape index (κ1) is 60.7. The number of aryl methyl sites for hydroxylation is 2. The van der Waals surface area contributed by atoms with Gasteiger partial charge in [0, 0.05) is 12.8 Å². The van der Waals surface area contributed by atoms with Crippen LogP contribution in [0.2, 0.25) is 0 Å². The van der Waals surface area contributed by atoms with Crippen molar-refractivity contribution in [2.24, 2.45) is 0 Å². The zero-order chi connectivity index (χ0) is 47.7. The number of rotatable bonds is 38. The van der Waals surface area contributed by atoms with Gasteiger partial charge in [0.2, 0.25) is 16.3 Å². The van der Waals surface area contributed by atoms with E-state index in [0.717, 1.165) is 103 Å². The molecule has 374 valence electrons. The molecule has 1 amide bonds. The second kappa shape index (κ2) is 37.4. The maximum Gasteiger partial charge on any atom is 1.00 e. The van der Waals surface area contributed by atoms with Crippen molar-refractivity contribution in [3.63, 3.8) is 0 Å². The van der Waals surface area contributed by atoms with Crippen LogP contribution < -0.4 is 34.9 Å². The molecule has 3 N–H and O–H groups in total. The van der Waals surface area contributed by atoms with Gasteiger partial charge in [0.25, 0.3) is 0 Å². The summed E-state index contributed by atoms with van der Waals surface area (Å²) in [5.41, 5.74) is 2.63. The van der Waals surface area contributed by atoms with Crippen LogP contribution in [0.3, 0.4) is 0 Å². The second-order valence-corrected chi connectivity index (χ2v) is 19.1. The Morgan fingerprint density at radius 1 is 0.657 bits per heavy atom. The van der Waals surface area contributed by atoms with E-state index >= 15 is 0 Å². The fraction of sp³-hybridized carbons (Fsp3) is 0.712. The number of ether oxygens (including phenoxy) is 3. The molecule has 13 nitrogen and oxygen atoms in total. The molecule has 0 aliphatic carbocycles. The number of aliphatic hydroxyl groups excluding tert-OH is 2. The summed E-state index contributed by atoms with van der Waals surface area (Å²) in [6, 6.07) is 19.1. The molecule has 1 saturated heterocycles. The molecule has 2 aromatic rings. The molecule has 1 aliphatic heterocycles. The standard InChI is InChI=1S/C52H83NO12S.Na/c1-2-3-4-5-6-7-8-9-10-17-28-37-44(62-47(56)38-29-18-13-11-15-22-31-42-33-24-20-25-34-42)40-46(55)53-49-51(50(65-66(59,60)61)45(41-54)63-52(49)58)64-48(57)39-30-19-14-12-16-23-32-43-35-26-21-27-36-43;/h20-21,24-27,33-36,44-45,49-52,54,58H,2-19,22-23,28-32,37-41H2,1H3,(H,53,55)(H,59,60,61);/q;+1/p-1/t44-,45+,49+,50+,51+,52?;/m0./s1. The summed E-state index contributed by atoms with van der Waals surface area (Å²) < 4.78 is 57.2. The fourth-order valence-electron chi connectivity index (χ4n) is 8.66. The predicted octanol–water partition coefficient (Wildman–Crippen LogP) is 6.89. The van der Waals surface area contributed by atoms with Crippen molar-refractivity contribution >= 4 is 28.2 Å². The molecule has 1 aliphatic rings. The molecular weight excluding hydrogens is 886 g/mol. The molecule has 0 spiro atoms. The topological polar surface area (TPSA) is 198 Å². The van der Waals surface area contributed by atoms with Gasteiger partial charge >= 0.3 is 41.5 Å². The number of esters is 2. The van der Waals surface area contributed by atoms with Gasteiger partial charge < -0.3 is 34.3 Å². The predicted molar refractivity (Wildman–Crippen MR) is 255 cm³/mol. The zero-order valence-corrected chi connectivity index (χ0v) is 43.7. The van der Waals surface area contributed by atoms with E-state index in [2.05, 4.69) is 48.6 Å². The summed E-state index contributed by atoms with van der Waals surface area (Å²) in [6.07, 6.45) is 18.1. The van der Waals surface area contributed by atoms with Crippen molar-refractivity contribution in [1.29, 1.82) is 0 Å². The fourth-order valence-corrected chi connectivity index (χ4v) is 9.16. The van der Waals surface area contributed by atoms with Crippen LogP contribution in [0.25, 0.3) is 0 Å². The van der Waals surface area contributed by atoms with Gasteiger partial charge in [-0.2, -0.15) is 0 Å². The third-order valence-corrected chi connectivity index (χ3v) is 12.8. The molecule has 0 aromatic heterocycles. The van der Waals surface area contributed by atoms with Crippen molar-refractivity contribution in [2.75, 3.05) is 6.61 Å². The molecule has 3 rings (SSSR count). The molecule has 6 atom stereocenters. The minimum absolute atomic E-state index is 0. The summed E-state index contributed by atoms with van der Waals surface area (Å²) in [7, 11) is -5.42. The number of hydrogen-bond acceptors (Lipinski definition) is 12. The third-order valence-electron chi connectivity index (χ3n) is 12.4. The third kappa shape index (κ3) is 28.8. The molecule has 1 unspecified atom stereocenters. The van der Waals surface area contributed by atoms with E-state index in [1.807, 2.05) is 24.3 Å². The number of nitrogens with one attached hydrogen (secondary N) is 1. The number of unbranched alkanes of at least 4 members (excludes halogenated alkanes) is 20. The van der Waals surface area contributed by atoms with Crippen LogP contribution in [-0.2, 0) is 56.0 Å². The van der Waals surface area contributed by atoms with Gasteiger partial charge in [-0.1, -0.05) is 183 Å². The van der Waals surface area contributed by atoms with Gasteiger partial charge in [-0.15, -0.1) is 0 Å². The molecule has 1 heterocycles. The van der Waals surface area contributed by atoms with Gasteiger partial charge in [0.15, 0.2) is 12.4 Å². The van der Waals surface area contributed by atoms with Crippen LogP contribution in [-0.4, -0.2) is 84.4 Å². The maximum atomic E-state index is 13.7. The van der Waals surface area contributed by atoms with Crippen molar-refractivity contribution < 1.29 is 85.5 Å². The molecule has 67 heavy (non-hydrogen) atoms. The van der Waals surface area contributed by atoms with E-state index in [1.54, 1.807) is 0 Å². The normalized spacial score (nSPS) is 18.7. The summed E-state index contributed by atoms with van der Waals surface area (Å²) >= 11 is 0. The Hall–Kier alpha value is -2.40. The van der Waals surface area contributed by atoms with E-state index in [-0.39, 0.29) is 48.8 Å². The van der Waals surface area contributed by atoms with Crippen LogP contribution in [0.4, 0.5) is 0 Å². The van der Waals surface area contributed by atoms with Crippen LogP contribution >= 0.6 is 0 Å². The van der Waals surface area contributed by atoms with Crippen LogP contribution in [0, 0.1) is 0 Å². The van der Waals surface area contributed by atoms with Crippen molar-refractivity contribution in [1.82, 2.24) is 5.32 Å². The smallest absolute Gasteiger partial charge is 0.726 e. The SMILES string of the molecule is CCCCCCCCCCCCC[C@@H](CC(=O)N[C@H]1C(O)O[C@H](CO)[C@@H](OS(=O)(=O)[O-])[C@@H]1OC(=O)CCCCCCCCc1ccccc1)OC(=O)CCCCCCCCc1ccccc1.[Na+]. The van der Waals surface area contributed by atoms with Gasteiger partial charge in [0.05, 0.1) is 13.0 Å². The first-order valence-electron chi connectivity index (χ1n) is 25.3. The Kier molecular flexibility index (Phi) is 33.9. The average Bonchev–Trinajstić information content (AvgIpc) is 3.29. The molecule has 15 heteroatoms. The van der Waals surface area contributed by atoms with Crippen LogP contribution in [0.5, 0.6) is 0 Å². The summed E-state index contributed by atoms with van der Waals surface area (Å²) in [5, 5.41) is 23.6. The van der Waals surface area contributed by atoms with E-state index in [9.17, 15) is 37.6 Å². The largest absolute Gasteiger partial charge is 1.00 e. The summed E-state index contributed by atoms with van der Waals surface area (Å²) in [5.74, 6) is -1.85. The Bertz CT molecular complexity index is 1690. The summed E-state index contributed by atoms with van der Waals surface area (Å²) in [6.45, 7) is 1.33. The number of carbonyl (C=O) groups is 3. The Morgan fingerprint density at radius 2 is 1.10 bits per heavy atom. The first-order chi connectivity index (χ1) is 32.0. The van der Waals surface area contributed by atoms with Crippen LogP contribution in [0.1, 0.15) is 191 Å². The molecule has 0 radical (unpaired) electrons. The minimum Gasteiger partial charge on any atom is -0.726 e. The number of carbonyl (C=O) groups excluding carboxylic acids is 3. The first-order valence-corrected chi connectivity index (χ1v) is 26.7. The molecule has 2 aromatic carbocycles. The molecule has 0 bridgehead atoms. The number of hydrogen-bond donors (Lipinski definition) is 3. The average molecular weight is 968 g/mol. The molecular formula is C52H82NNaO12S. The Morgan fingerprint density at radius 3 is 1.58 bits per heavy atom. The van der Waals surface area contributed by atoms with Crippen molar-refractivity contribution in [3.8, 4) is 0 Å². The number of amides is 1. The van der Waals surface area contributed by atoms with Gasteiger partial charge in [-0.3, -0.25) is 18.6 Å². The quantitative estimate of drug-likeness (QED) is 0.0208. The Balaban J connectivity index is 0.0000154. The van der Waals surface area contributed by atoms with E-state index in [0.29, 0.717) is 19.3 Å². The van der Waals surface area contributed by atoms with Crippen LogP contribution in [0.15, 0.2) is 60.7 Å². The number of benzene rings is 2. The molecule has 1 fully saturated rings. The number of aliphatic hydroxyl groups is 2. The molecule has 0 saturated carbocycles. The van der Waals surface area contributed by atoms with E-state index in [4.69, 9.17) is 18.4 Å². The monoisotopic (exact) mass is 968 g/mol. The van der Waals surface area contributed by atoms with Gasteiger partial charge in [0.1, 0.15) is 24.4 Å².